The van der Waals surface area contributed by atoms with Gasteiger partial charge in [-0.1, -0.05) is 18.2 Å². The third-order valence-corrected chi connectivity index (χ3v) is 3.03. The van der Waals surface area contributed by atoms with Crippen molar-refractivity contribution in [3.63, 3.8) is 0 Å². The summed E-state index contributed by atoms with van der Waals surface area (Å²) >= 11 is 0. The molecule has 19 heavy (non-hydrogen) atoms. The summed E-state index contributed by atoms with van der Waals surface area (Å²) in [5.41, 5.74) is 2.31. The van der Waals surface area contributed by atoms with Gasteiger partial charge in [-0.3, -0.25) is 4.40 Å². The fraction of sp³-hybridized carbons (Fsp3) is 0.133. The van der Waals surface area contributed by atoms with Gasteiger partial charge in [-0.2, -0.15) is 0 Å². The second kappa shape index (κ2) is 4.74. The van der Waals surface area contributed by atoms with Crippen molar-refractivity contribution in [2.75, 3.05) is 0 Å². The van der Waals surface area contributed by atoms with Gasteiger partial charge in [0.15, 0.2) is 11.4 Å². The van der Waals surface area contributed by atoms with E-state index in [1.165, 1.54) is 0 Å². The second-order valence-electron chi connectivity index (χ2n) is 4.28. The van der Waals surface area contributed by atoms with Crippen LogP contribution in [0, 0.1) is 6.92 Å². The predicted octanol–water partition coefficient (Wildman–Crippen LogP) is 2.93. The van der Waals surface area contributed by atoms with E-state index in [1.807, 2.05) is 60.0 Å². The molecule has 96 valence electrons. The third-order valence-electron chi connectivity index (χ3n) is 3.03. The number of aryl methyl sites for hydroxylation is 1. The first kappa shape index (κ1) is 11.7. The highest BCUT2D eigenvalue weighted by atomic mass is 16.5. The number of imidazole rings is 1. The molecule has 0 saturated heterocycles. The third kappa shape index (κ3) is 2.06. The summed E-state index contributed by atoms with van der Waals surface area (Å²) in [6.07, 6.45) is 1.87. The molecule has 0 saturated carbocycles. The summed E-state index contributed by atoms with van der Waals surface area (Å²) in [6.45, 7) is 1.84. The van der Waals surface area contributed by atoms with E-state index in [0.717, 1.165) is 17.1 Å². The molecule has 0 bridgehead atoms. The number of nitrogens with zero attached hydrogens (tertiary/aromatic N) is 2. The number of aromatic nitrogens is 2. The molecule has 0 unspecified atom stereocenters. The number of pyridine rings is 1. The van der Waals surface area contributed by atoms with Crippen molar-refractivity contribution in [2.45, 2.75) is 13.5 Å². The van der Waals surface area contributed by atoms with Gasteiger partial charge in [-0.05, 0) is 31.2 Å². The number of aliphatic hydroxyl groups is 1. The Morgan fingerprint density at radius 2 is 1.95 bits per heavy atom. The van der Waals surface area contributed by atoms with Crippen LogP contribution in [0.2, 0.25) is 0 Å². The van der Waals surface area contributed by atoms with Crippen molar-refractivity contribution >= 4 is 5.65 Å². The van der Waals surface area contributed by atoms with Crippen LogP contribution in [-0.4, -0.2) is 14.5 Å². The minimum Gasteiger partial charge on any atom is -0.453 e. The first-order chi connectivity index (χ1) is 9.29. The zero-order valence-corrected chi connectivity index (χ0v) is 10.6. The minimum atomic E-state index is -0.0399. The molecule has 2 heterocycles. The molecule has 0 atom stereocenters. The van der Waals surface area contributed by atoms with Gasteiger partial charge >= 0.3 is 0 Å². The van der Waals surface area contributed by atoms with Gasteiger partial charge < -0.3 is 9.84 Å². The lowest BCUT2D eigenvalue weighted by Crippen LogP contribution is -1.94. The predicted molar refractivity (Wildman–Crippen MR) is 72.4 cm³/mol. The van der Waals surface area contributed by atoms with Crippen LogP contribution in [0.15, 0.2) is 48.7 Å². The quantitative estimate of drug-likeness (QED) is 0.781. The van der Waals surface area contributed by atoms with Gasteiger partial charge in [0.05, 0.1) is 18.0 Å². The standard InChI is InChI=1S/C15H14N2O2/c1-11-13(10-18)17-9-5-8-14(15(17)16-11)19-12-6-3-2-4-7-12/h2-9,18H,10H2,1H3. The normalized spacial score (nSPS) is 10.8. The molecule has 0 aliphatic rings. The first-order valence-corrected chi connectivity index (χ1v) is 6.10. The molecule has 0 spiro atoms. The summed E-state index contributed by atoms with van der Waals surface area (Å²) in [5.74, 6) is 1.44. The Bertz CT molecular complexity index is 705. The fourth-order valence-electron chi connectivity index (χ4n) is 2.09. The number of benzene rings is 1. The number of fused-ring (bicyclic) bond motifs is 1. The van der Waals surface area contributed by atoms with E-state index in [0.29, 0.717) is 11.4 Å². The van der Waals surface area contributed by atoms with E-state index in [9.17, 15) is 5.11 Å². The van der Waals surface area contributed by atoms with Crippen molar-refractivity contribution in [1.82, 2.24) is 9.38 Å². The Labute approximate surface area is 110 Å². The molecule has 0 fully saturated rings. The van der Waals surface area contributed by atoms with Gasteiger partial charge in [0.2, 0.25) is 0 Å². The van der Waals surface area contributed by atoms with Crippen LogP contribution < -0.4 is 4.74 Å². The minimum absolute atomic E-state index is 0.0399. The Balaban J connectivity index is 2.09. The lowest BCUT2D eigenvalue weighted by atomic mass is 10.3. The lowest BCUT2D eigenvalue weighted by molar-refractivity contribution is 0.275. The smallest absolute Gasteiger partial charge is 0.180 e. The second-order valence-corrected chi connectivity index (χ2v) is 4.28. The maximum Gasteiger partial charge on any atom is 0.180 e. The average molecular weight is 254 g/mol. The molecular weight excluding hydrogens is 240 g/mol. The average Bonchev–Trinajstić information content (AvgIpc) is 2.76. The monoisotopic (exact) mass is 254 g/mol. The van der Waals surface area contributed by atoms with Gasteiger partial charge in [-0.15, -0.1) is 0 Å². The molecule has 4 nitrogen and oxygen atoms in total. The van der Waals surface area contributed by atoms with E-state index in [1.54, 1.807) is 0 Å². The van der Waals surface area contributed by atoms with E-state index in [-0.39, 0.29) is 6.61 Å². The molecule has 0 radical (unpaired) electrons. The number of ether oxygens (including phenoxy) is 1. The summed E-state index contributed by atoms with van der Waals surface area (Å²) < 4.78 is 7.69. The zero-order chi connectivity index (χ0) is 13.2. The number of aliphatic hydroxyl groups excluding tert-OH is 1. The largest absolute Gasteiger partial charge is 0.453 e. The van der Waals surface area contributed by atoms with Crippen LogP contribution in [0.25, 0.3) is 5.65 Å². The molecule has 1 N–H and O–H groups in total. The molecule has 2 aromatic heterocycles. The van der Waals surface area contributed by atoms with Crippen LogP contribution in [-0.2, 0) is 6.61 Å². The van der Waals surface area contributed by atoms with Crippen LogP contribution in [0.5, 0.6) is 11.5 Å². The number of hydrogen-bond acceptors (Lipinski definition) is 3. The van der Waals surface area contributed by atoms with Crippen LogP contribution in [0.1, 0.15) is 11.4 Å². The van der Waals surface area contributed by atoms with Gasteiger partial charge in [0.1, 0.15) is 5.75 Å². The summed E-state index contributed by atoms with van der Waals surface area (Å²) in [6, 6.07) is 13.3. The number of hydrogen-bond donors (Lipinski definition) is 1. The van der Waals surface area contributed by atoms with E-state index < -0.39 is 0 Å². The maximum atomic E-state index is 9.38. The van der Waals surface area contributed by atoms with E-state index in [2.05, 4.69) is 4.98 Å². The van der Waals surface area contributed by atoms with Crippen molar-refractivity contribution in [3.8, 4) is 11.5 Å². The zero-order valence-electron chi connectivity index (χ0n) is 10.6. The van der Waals surface area contributed by atoms with Crippen molar-refractivity contribution in [2.24, 2.45) is 0 Å². The van der Waals surface area contributed by atoms with Crippen LogP contribution in [0.3, 0.4) is 0 Å². The van der Waals surface area contributed by atoms with E-state index in [4.69, 9.17) is 4.74 Å². The molecule has 0 amide bonds. The van der Waals surface area contributed by atoms with Gasteiger partial charge in [0.25, 0.3) is 0 Å². The number of rotatable bonds is 3. The molecular formula is C15H14N2O2. The Hall–Kier alpha value is -2.33. The summed E-state index contributed by atoms with van der Waals surface area (Å²) in [7, 11) is 0. The molecule has 0 aliphatic heterocycles. The molecule has 3 aromatic rings. The highest BCUT2D eigenvalue weighted by molar-refractivity contribution is 5.57. The topological polar surface area (TPSA) is 46.8 Å². The van der Waals surface area contributed by atoms with E-state index >= 15 is 0 Å². The Morgan fingerprint density at radius 3 is 2.68 bits per heavy atom. The molecule has 1 aromatic carbocycles. The lowest BCUT2D eigenvalue weighted by Gasteiger charge is -2.07. The number of para-hydroxylation sites is 1. The van der Waals surface area contributed by atoms with Crippen molar-refractivity contribution < 1.29 is 9.84 Å². The van der Waals surface area contributed by atoms with Gasteiger partial charge in [-0.25, -0.2) is 4.98 Å². The van der Waals surface area contributed by atoms with Crippen molar-refractivity contribution in [3.05, 3.63) is 60.0 Å². The SMILES string of the molecule is Cc1nc2c(Oc3ccccc3)cccn2c1CO. The summed E-state index contributed by atoms with van der Waals surface area (Å²) in [4.78, 5) is 4.46. The Morgan fingerprint density at radius 1 is 1.16 bits per heavy atom. The molecule has 3 rings (SSSR count). The fourth-order valence-corrected chi connectivity index (χ4v) is 2.09. The Kier molecular flexibility index (Phi) is 2.93. The first-order valence-electron chi connectivity index (χ1n) is 6.10. The van der Waals surface area contributed by atoms with Crippen LogP contribution >= 0.6 is 0 Å². The van der Waals surface area contributed by atoms with Crippen LogP contribution in [0.4, 0.5) is 0 Å². The van der Waals surface area contributed by atoms with Gasteiger partial charge in [0, 0.05) is 6.20 Å². The molecule has 0 aliphatic carbocycles. The highest BCUT2D eigenvalue weighted by Gasteiger charge is 2.11. The summed E-state index contributed by atoms with van der Waals surface area (Å²) in [5, 5.41) is 9.38. The maximum absolute atomic E-state index is 9.38. The highest BCUT2D eigenvalue weighted by Crippen LogP contribution is 2.26. The molecule has 4 heteroatoms. The van der Waals surface area contributed by atoms with Crippen molar-refractivity contribution in [1.29, 1.82) is 0 Å².